The Bertz CT molecular complexity index is 432. The minimum atomic E-state index is -4.45. The van der Waals surface area contributed by atoms with Gasteiger partial charge in [-0.15, -0.1) is 0 Å². The van der Waals surface area contributed by atoms with E-state index in [0.717, 1.165) is 10.9 Å². The first-order chi connectivity index (χ1) is 7.31. The topological polar surface area (TPSA) is 70.1 Å². The van der Waals surface area contributed by atoms with E-state index in [2.05, 4.69) is 9.72 Å². The molecule has 2 N–H and O–H groups in total. The van der Waals surface area contributed by atoms with E-state index in [1.54, 1.807) is 0 Å². The number of nitrogens with zero attached hydrogens (tertiary/aromatic N) is 2. The summed E-state index contributed by atoms with van der Waals surface area (Å²) in [5.41, 5.74) is 4.15. The highest BCUT2D eigenvalue weighted by atomic mass is 35.5. The summed E-state index contributed by atoms with van der Waals surface area (Å²) < 4.78 is 40.2. The number of aromatic nitrogens is 2. The third-order valence-electron chi connectivity index (χ3n) is 1.52. The second-order valence-corrected chi connectivity index (χ2v) is 3.17. The fourth-order valence-electron chi connectivity index (χ4n) is 0.837. The molecular weight excluding hydrogens is 251 g/mol. The van der Waals surface area contributed by atoms with E-state index in [9.17, 15) is 18.0 Å². The van der Waals surface area contributed by atoms with Crippen LogP contribution >= 0.6 is 11.6 Å². The summed E-state index contributed by atoms with van der Waals surface area (Å²) in [6.45, 7) is -2.05. The minimum absolute atomic E-state index is 0.197. The Labute approximate surface area is 92.6 Å². The van der Waals surface area contributed by atoms with Crippen molar-refractivity contribution >= 4 is 17.3 Å². The molecule has 0 saturated carbocycles. The first-order valence-electron chi connectivity index (χ1n) is 3.96. The van der Waals surface area contributed by atoms with Crippen molar-refractivity contribution in [3.05, 3.63) is 21.8 Å². The van der Waals surface area contributed by atoms with E-state index >= 15 is 0 Å². The molecule has 0 saturated heterocycles. The lowest BCUT2D eigenvalue weighted by molar-refractivity contribution is -0.182. The van der Waals surface area contributed by atoms with E-state index in [-0.39, 0.29) is 10.8 Å². The number of halogens is 4. The van der Waals surface area contributed by atoms with E-state index in [1.165, 1.54) is 0 Å². The van der Waals surface area contributed by atoms with Crippen molar-refractivity contribution in [3.8, 4) is 0 Å². The molecule has 0 spiro atoms. The van der Waals surface area contributed by atoms with Crippen molar-refractivity contribution in [1.82, 2.24) is 9.55 Å². The van der Waals surface area contributed by atoms with Crippen LogP contribution in [-0.4, -0.2) is 22.3 Å². The summed E-state index contributed by atoms with van der Waals surface area (Å²) in [7, 11) is 0. The largest absolute Gasteiger partial charge is 0.411 e. The summed E-state index contributed by atoms with van der Waals surface area (Å²) in [6, 6.07) is 0. The van der Waals surface area contributed by atoms with Crippen molar-refractivity contribution in [2.75, 3.05) is 12.3 Å². The van der Waals surface area contributed by atoms with E-state index in [4.69, 9.17) is 17.3 Å². The van der Waals surface area contributed by atoms with Gasteiger partial charge in [-0.2, -0.15) is 13.2 Å². The van der Waals surface area contributed by atoms with Crippen LogP contribution in [0.1, 0.15) is 0 Å². The molecule has 1 rings (SSSR count). The highest BCUT2D eigenvalue weighted by Crippen LogP contribution is 2.14. The fourth-order valence-corrected chi connectivity index (χ4v) is 0.961. The van der Waals surface area contributed by atoms with Crippen LogP contribution in [0.4, 0.5) is 18.9 Å². The van der Waals surface area contributed by atoms with Crippen molar-refractivity contribution in [1.29, 1.82) is 0 Å². The molecule has 16 heavy (non-hydrogen) atoms. The zero-order valence-corrected chi connectivity index (χ0v) is 8.55. The van der Waals surface area contributed by atoms with Crippen LogP contribution in [0.5, 0.6) is 0 Å². The molecule has 0 amide bonds. The monoisotopic (exact) mass is 257 g/mol. The summed E-state index contributed by atoms with van der Waals surface area (Å²) in [4.78, 5) is 14.8. The molecule has 0 aliphatic carbocycles. The third-order valence-corrected chi connectivity index (χ3v) is 1.82. The highest BCUT2D eigenvalue weighted by Gasteiger charge is 2.27. The van der Waals surface area contributed by atoms with Gasteiger partial charge in [0.25, 0.3) is 5.56 Å². The first-order valence-corrected chi connectivity index (χ1v) is 4.34. The Balaban J connectivity index is 2.69. The zero-order valence-electron chi connectivity index (χ0n) is 7.79. The molecule has 90 valence electrons. The molecule has 1 aromatic heterocycles. The molecule has 0 atom stereocenters. The first kappa shape index (κ1) is 12.8. The number of ether oxygens (including phenoxy) is 1. The lowest BCUT2D eigenvalue weighted by atomic mass is 10.5. The van der Waals surface area contributed by atoms with Gasteiger partial charge in [-0.05, 0) is 0 Å². The van der Waals surface area contributed by atoms with Gasteiger partial charge in [-0.1, -0.05) is 11.6 Å². The maximum atomic E-state index is 11.7. The summed E-state index contributed by atoms with van der Waals surface area (Å²) in [5, 5.41) is -0.197. The van der Waals surface area contributed by atoms with Crippen LogP contribution in [-0.2, 0) is 11.5 Å². The lowest BCUT2D eigenvalue weighted by Gasteiger charge is -2.09. The van der Waals surface area contributed by atoms with E-state index < -0.39 is 25.1 Å². The van der Waals surface area contributed by atoms with Gasteiger partial charge in [-0.3, -0.25) is 9.36 Å². The molecule has 0 aliphatic rings. The molecule has 1 aromatic rings. The van der Waals surface area contributed by atoms with Crippen LogP contribution in [0.2, 0.25) is 5.15 Å². The molecule has 0 bridgehead atoms. The second kappa shape index (κ2) is 4.71. The lowest BCUT2D eigenvalue weighted by Crippen LogP contribution is -2.27. The highest BCUT2D eigenvalue weighted by molar-refractivity contribution is 6.31. The summed E-state index contributed by atoms with van der Waals surface area (Å²) >= 11 is 5.42. The second-order valence-electron chi connectivity index (χ2n) is 2.82. The maximum absolute atomic E-state index is 11.7. The summed E-state index contributed by atoms with van der Waals surface area (Å²) in [5.74, 6) is 0. The van der Waals surface area contributed by atoms with Crippen molar-refractivity contribution < 1.29 is 17.9 Å². The standard InChI is InChI=1S/C7H7ClF3N3O2/c8-5-4(12)6(15)14(2-13-5)3-16-1-7(9,10)11/h2H,1,3,12H2. The minimum Gasteiger partial charge on any atom is -0.392 e. The van der Waals surface area contributed by atoms with Gasteiger partial charge in [0.15, 0.2) is 5.15 Å². The van der Waals surface area contributed by atoms with Crippen molar-refractivity contribution in [2.24, 2.45) is 0 Å². The average molecular weight is 258 g/mol. The maximum Gasteiger partial charge on any atom is 0.411 e. The van der Waals surface area contributed by atoms with E-state index in [0.29, 0.717) is 0 Å². The van der Waals surface area contributed by atoms with Crippen LogP contribution < -0.4 is 11.3 Å². The molecule has 0 aromatic carbocycles. The Hall–Kier alpha value is -1.28. The van der Waals surface area contributed by atoms with E-state index in [1.807, 2.05) is 0 Å². The third kappa shape index (κ3) is 3.38. The number of rotatable bonds is 3. The molecule has 1 heterocycles. The van der Waals surface area contributed by atoms with Gasteiger partial charge >= 0.3 is 6.18 Å². The molecule has 9 heteroatoms. The molecule has 0 aliphatic heterocycles. The van der Waals surface area contributed by atoms with Crippen LogP contribution in [0.3, 0.4) is 0 Å². The number of anilines is 1. The fraction of sp³-hybridized carbons (Fsp3) is 0.429. The normalized spacial score (nSPS) is 11.8. The molecule has 0 radical (unpaired) electrons. The number of hydrogen-bond donors (Lipinski definition) is 1. The van der Waals surface area contributed by atoms with Crippen LogP contribution in [0.25, 0.3) is 0 Å². The summed E-state index contributed by atoms with van der Waals surface area (Å²) in [6.07, 6.45) is -3.49. The number of hydrogen-bond acceptors (Lipinski definition) is 4. The number of nitrogen functional groups attached to an aromatic ring is 1. The van der Waals surface area contributed by atoms with Gasteiger partial charge < -0.3 is 10.5 Å². The Morgan fingerprint density at radius 3 is 2.75 bits per heavy atom. The smallest absolute Gasteiger partial charge is 0.392 e. The van der Waals surface area contributed by atoms with Gasteiger partial charge in [0.1, 0.15) is 25.4 Å². The van der Waals surface area contributed by atoms with Crippen LogP contribution in [0, 0.1) is 0 Å². The van der Waals surface area contributed by atoms with Crippen molar-refractivity contribution in [2.45, 2.75) is 12.9 Å². The predicted molar refractivity (Wildman–Crippen MR) is 49.9 cm³/mol. The Kier molecular flexibility index (Phi) is 3.76. The van der Waals surface area contributed by atoms with Crippen LogP contribution in [0.15, 0.2) is 11.1 Å². The predicted octanol–water partition coefficient (Wildman–Crippen LogP) is 1.02. The molecule has 0 unspecified atom stereocenters. The molecular formula is C7H7ClF3N3O2. The zero-order chi connectivity index (χ0) is 12.3. The quantitative estimate of drug-likeness (QED) is 0.821. The SMILES string of the molecule is Nc1c(Cl)ncn(COCC(F)(F)F)c1=O. The van der Waals surface area contributed by atoms with Gasteiger partial charge in [0.2, 0.25) is 0 Å². The van der Waals surface area contributed by atoms with Gasteiger partial charge in [0, 0.05) is 0 Å². The Morgan fingerprint density at radius 1 is 1.56 bits per heavy atom. The number of alkyl halides is 3. The average Bonchev–Trinajstić information content (AvgIpc) is 2.16. The molecule has 5 nitrogen and oxygen atoms in total. The number of nitrogens with two attached hydrogens (primary N) is 1. The van der Waals surface area contributed by atoms with Gasteiger partial charge in [0.05, 0.1) is 0 Å². The van der Waals surface area contributed by atoms with Crippen molar-refractivity contribution in [3.63, 3.8) is 0 Å². The molecule has 0 fully saturated rings. The Morgan fingerprint density at radius 2 is 2.19 bits per heavy atom. The van der Waals surface area contributed by atoms with Gasteiger partial charge in [-0.25, -0.2) is 4.98 Å².